The minimum atomic E-state index is -0.633. The van der Waals surface area contributed by atoms with Crippen LogP contribution in [0.3, 0.4) is 0 Å². The van der Waals surface area contributed by atoms with E-state index in [1.807, 2.05) is 20.8 Å². The Morgan fingerprint density at radius 2 is 1.75 bits per heavy atom. The van der Waals surface area contributed by atoms with Gasteiger partial charge < -0.3 is 4.74 Å². The summed E-state index contributed by atoms with van der Waals surface area (Å²) in [5.41, 5.74) is -0.446. The number of hydrogen-bond acceptors (Lipinski definition) is 3. The van der Waals surface area contributed by atoms with Gasteiger partial charge in [-0.05, 0) is 39.5 Å². The molecule has 16 heavy (non-hydrogen) atoms. The molecule has 3 nitrogen and oxygen atoms in total. The summed E-state index contributed by atoms with van der Waals surface area (Å²) >= 11 is 0. The molecule has 2 atom stereocenters. The quantitative estimate of drug-likeness (QED) is 0.548. The molecule has 0 aromatic heterocycles. The number of ether oxygens (including phenoxy) is 1. The maximum atomic E-state index is 11.9. The maximum Gasteiger partial charge on any atom is 0.316 e. The van der Waals surface area contributed by atoms with E-state index in [-0.39, 0.29) is 17.1 Å². The van der Waals surface area contributed by atoms with Crippen LogP contribution < -0.4 is 0 Å². The van der Waals surface area contributed by atoms with Gasteiger partial charge in [0.2, 0.25) is 0 Å². The van der Waals surface area contributed by atoms with E-state index in [0.29, 0.717) is 0 Å². The minimum Gasteiger partial charge on any atom is -0.459 e. The van der Waals surface area contributed by atoms with Crippen LogP contribution in [0.1, 0.15) is 48.0 Å². The predicted octanol–water partition coefficient (Wildman–Crippen LogP) is 2.58. The Bertz CT molecular complexity index is 310. The van der Waals surface area contributed by atoms with Crippen molar-refractivity contribution in [3.8, 4) is 0 Å². The molecule has 92 valence electrons. The van der Waals surface area contributed by atoms with E-state index in [4.69, 9.17) is 4.74 Å². The second-order valence-electron chi connectivity index (χ2n) is 6.40. The van der Waals surface area contributed by atoms with Crippen molar-refractivity contribution in [1.82, 2.24) is 0 Å². The van der Waals surface area contributed by atoms with Gasteiger partial charge in [0.15, 0.2) is 0 Å². The molecule has 0 amide bonds. The van der Waals surface area contributed by atoms with Crippen molar-refractivity contribution in [1.29, 1.82) is 0 Å². The molecule has 0 saturated heterocycles. The Hall–Kier alpha value is -0.860. The summed E-state index contributed by atoms with van der Waals surface area (Å²) in [5.74, 6) is -0.972. The molecule has 1 aliphatic rings. The fourth-order valence-electron chi connectivity index (χ4n) is 1.76. The van der Waals surface area contributed by atoms with Crippen LogP contribution in [0.5, 0.6) is 0 Å². The number of carbonyl (C=O) groups is 2. The number of Topliss-reactive ketones (excluding diaryl/α,β-unsaturated/α-hetero) is 1. The van der Waals surface area contributed by atoms with Crippen LogP contribution in [0.25, 0.3) is 0 Å². The highest BCUT2D eigenvalue weighted by atomic mass is 16.6. The van der Waals surface area contributed by atoms with Gasteiger partial charge in [0, 0.05) is 5.92 Å². The number of ketones is 1. The van der Waals surface area contributed by atoms with Gasteiger partial charge in [0.05, 0.1) is 0 Å². The Labute approximate surface area is 97.5 Å². The molecule has 0 aromatic carbocycles. The lowest BCUT2D eigenvalue weighted by Crippen LogP contribution is -2.32. The topological polar surface area (TPSA) is 43.4 Å². The first-order valence-corrected chi connectivity index (χ1v) is 5.81. The van der Waals surface area contributed by atoms with Crippen molar-refractivity contribution in [3.63, 3.8) is 0 Å². The molecule has 0 spiro atoms. The third kappa shape index (κ3) is 3.06. The van der Waals surface area contributed by atoms with Crippen LogP contribution in [0.4, 0.5) is 0 Å². The summed E-state index contributed by atoms with van der Waals surface area (Å²) in [6.07, 6.45) is 0.888. The van der Waals surface area contributed by atoms with Crippen molar-refractivity contribution in [2.24, 2.45) is 17.3 Å². The number of carbonyl (C=O) groups excluding carboxylic acids is 2. The SMILES string of the molecule is CC(C(=O)OC(C)(C)C)C(=O)C1CC1(C)C. The van der Waals surface area contributed by atoms with Crippen LogP contribution in [0.15, 0.2) is 0 Å². The molecule has 0 N–H and O–H groups in total. The molecular weight excluding hydrogens is 204 g/mol. The first-order valence-electron chi connectivity index (χ1n) is 5.81. The smallest absolute Gasteiger partial charge is 0.316 e. The van der Waals surface area contributed by atoms with Crippen LogP contribution in [-0.4, -0.2) is 17.4 Å². The molecule has 0 bridgehead atoms. The largest absolute Gasteiger partial charge is 0.459 e. The summed E-state index contributed by atoms with van der Waals surface area (Å²) < 4.78 is 5.21. The standard InChI is InChI=1S/C13H22O3/c1-8(11(15)16-12(2,3)4)10(14)9-7-13(9,5)6/h8-9H,7H2,1-6H3. The molecule has 0 radical (unpaired) electrons. The van der Waals surface area contributed by atoms with E-state index < -0.39 is 17.5 Å². The van der Waals surface area contributed by atoms with Crippen molar-refractivity contribution >= 4 is 11.8 Å². The van der Waals surface area contributed by atoms with E-state index in [1.165, 1.54) is 0 Å². The molecule has 2 unspecified atom stereocenters. The zero-order chi connectivity index (χ0) is 12.7. The maximum absolute atomic E-state index is 11.9. The van der Waals surface area contributed by atoms with Gasteiger partial charge in [-0.15, -0.1) is 0 Å². The summed E-state index contributed by atoms with van der Waals surface area (Å²) in [4.78, 5) is 23.6. The molecule has 0 heterocycles. The Balaban J connectivity index is 2.55. The summed E-state index contributed by atoms with van der Waals surface area (Å²) in [5, 5.41) is 0. The highest BCUT2D eigenvalue weighted by Crippen LogP contribution is 2.53. The van der Waals surface area contributed by atoms with Gasteiger partial charge in [0.25, 0.3) is 0 Å². The lowest BCUT2D eigenvalue weighted by atomic mass is 9.97. The molecule has 1 rings (SSSR count). The molecule has 1 saturated carbocycles. The zero-order valence-electron chi connectivity index (χ0n) is 11.1. The van der Waals surface area contributed by atoms with Crippen molar-refractivity contribution in [2.75, 3.05) is 0 Å². The fraction of sp³-hybridized carbons (Fsp3) is 0.846. The Kier molecular flexibility index (Phi) is 3.19. The Morgan fingerprint density at radius 1 is 1.31 bits per heavy atom. The number of rotatable bonds is 3. The van der Waals surface area contributed by atoms with E-state index in [1.54, 1.807) is 6.92 Å². The third-order valence-corrected chi connectivity index (χ3v) is 3.04. The molecule has 1 aliphatic carbocycles. The molecule has 0 aliphatic heterocycles. The van der Waals surface area contributed by atoms with Crippen LogP contribution in [-0.2, 0) is 14.3 Å². The normalized spacial score (nSPS) is 24.8. The summed E-state index contributed by atoms with van der Waals surface area (Å²) in [7, 11) is 0. The van der Waals surface area contributed by atoms with E-state index >= 15 is 0 Å². The molecule has 0 aromatic rings. The van der Waals surface area contributed by atoms with Crippen molar-refractivity contribution in [2.45, 2.75) is 53.6 Å². The summed E-state index contributed by atoms with van der Waals surface area (Å²) in [6.45, 7) is 11.2. The number of hydrogen-bond donors (Lipinski definition) is 0. The van der Waals surface area contributed by atoms with Gasteiger partial charge in [-0.3, -0.25) is 9.59 Å². The van der Waals surface area contributed by atoms with Gasteiger partial charge >= 0.3 is 5.97 Å². The minimum absolute atomic E-state index is 0.0271. The molecular formula is C13H22O3. The van der Waals surface area contributed by atoms with Gasteiger partial charge in [-0.1, -0.05) is 13.8 Å². The fourth-order valence-corrected chi connectivity index (χ4v) is 1.76. The average Bonchev–Trinajstić information content (AvgIpc) is 2.69. The molecule has 3 heteroatoms. The molecule has 1 fully saturated rings. The van der Waals surface area contributed by atoms with Gasteiger partial charge in [-0.25, -0.2) is 0 Å². The van der Waals surface area contributed by atoms with Crippen molar-refractivity contribution in [3.05, 3.63) is 0 Å². The second-order valence-corrected chi connectivity index (χ2v) is 6.40. The van der Waals surface area contributed by atoms with E-state index in [0.717, 1.165) is 6.42 Å². The Morgan fingerprint density at radius 3 is 2.06 bits per heavy atom. The monoisotopic (exact) mass is 226 g/mol. The van der Waals surface area contributed by atoms with Gasteiger partial charge in [-0.2, -0.15) is 0 Å². The highest BCUT2D eigenvalue weighted by Gasteiger charge is 2.52. The zero-order valence-corrected chi connectivity index (χ0v) is 11.1. The van der Waals surface area contributed by atoms with E-state index in [9.17, 15) is 9.59 Å². The second kappa shape index (κ2) is 3.86. The van der Waals surface area contributed by atoms with E-state index in [2.05, 4.69) is 13.8 Å². The van der Waals surface area contributed by atoms with Crippen LogP contribution >= 0.6 is 0 Å². The van der Waals surface area contributed by atoms with Gasteiger partial charge in [0.1, 0.15) is 17.3 Å². The lowest BCUT2D eigenvalue weighted by Gasteiger charge is -2.22. The van der Waals surface area contributed by atoms with Crippen LogP contribution in [0.2, 0.25) is 0 Å². The van der Waals surface area contributed by atoms with Crippen LogP contribution in [0, 0.1) is 17.3 Å². The van der Waals surface area contributed by atoms with Crippen molar-refractivity contribution < 1.29 is 14.3 Å². The number of esters is 1. The lowest BCUT2D eigenvalue weighted by molar-refractivity contribution is -0.161. The summed E-state index contributed by atoms with van der Waals surface area (Å²) in [6, 6.07) is 0. The first-order chi connectivity index (χ1) is 7.04. The highest BCUT2D eigenvalue weighted by molar-refractivity contribution is 6.01. The third-order valence-electron chi connectivity index (χ3n) is 3.04. The average molecular weight is 226 g/mol. The predicted molar refractivity (Wildman–Crippen MR) is 61.9 cm³/mol. The first kappa shape index (κ1) is 13.2.